The summed E-state index contributed by atoms with van der Waals surface area (Å²) in [5, 5.41) is 12.8. The Hall–Kier alpha value is -1.18. The van der Waals surface area contributed by atoms with Gasteiger partial charge in [-0.1, -0.05) is 13.0 Å². The third-order valence-electron chi connectivity index (χ3n) is 3.13. The maximum absolute atomic E-state index is 9.42. The van der Waals surface area contributed by atoms with Crippen molar-refractivity contribution in [1.29, 1.82) is 5.26 Å². The fourth-order valence-corrected chi connectivity index (χ4v) is 3.10. The van der Waals surface area contributed by atoms with Crippen LogP contribution >= 0.6 is 11.8 Å². The number of thioether (sulfide) groups is 1. The van der Waals surface area contributed by atoms with Gasteiger partial charge in [0.25, 0.3) is 0 Å². The van der Waals surface area contributed by atoms with E-state index in [-0.39, 0.29) is 0 Å². The summed E-state index contributed by atoms with van der Waals surface area (Å²) in [5.74, 6) is 0.996. The Morgan fingerprint density at radius 1 is 1.56 bits per heavy atom. The molecule has 0 saturated carbocycles. The molecule has 1 aliphatic rings. The zero-order chi connectivity index (χ0) is 13.0. The highest BCUT2D eigenvalue weighted by atomic mass is 32.2. The lowest BCUT2D eigenvalue weighted by atomic mass is 10.1. The molecule has 0 spiro atoms. The SMILES string of the molecule is CCSc1cccc(N2CCN[C@@H](C)C2)c1C#N. The standard InChI is InChI=1S/C14H19N3S/c1-3-18-14-6-4-5-13(12(14)9-15)17-8-7-16-11(2)10-17/h4-6,11,16H,3,7-8,10H2,1-2H3/t11-/m0/s1. The number of hydrogen-bond acceptors (Lipinski definition) is 4. The van der Waals surface area contributed by atoms with Gasteiger partial charge in [0.05, 0.1) is 11.3 Å². The molecule has 1 heterocycles. The Balaban J connectivity index is 2.32. The van der Waals surface area contributed by atoms with Crippen molar-refractivity contribution in [2.24, 2.45) is 0 Å². The molecule has 0 unspecified atom stereocenters. The average Bonchev–Trinajstić information content (AvgIpc) is 2.39. The normalized spacial score (nSPS) is 19.6. The fourth-order valence-electron chi connectivity index (χ4n) is 2.32. The van der Waals surface area contributed by atoms with Crippen LogP contribution in [0.2, 0.25) is 0 Å². The molecule has 1 aliphatic heterocycles. The molecule has 1 aromatic rings. The molecule has 0 aromatic heterocycles. The van der Waals surface area contributed by atoms with E-state index in [0.717, 1.165) is 41.5 Å². The third kappa shape index (κ3) is 2.80. The Labute approximate surface area is 113 Å². The number of anilines is 1. The lowest BCUT2D eigenvalue weighted by molar-refractivity contribution is 0.484. The maximum Gasteiger partial charge on any atom is 0.103 e. The van der Waals surface area contributed by atoms with Crippen LogP contribution < -0.4 is 10.2 Å². The maximum atomic E-state index is 9.42. The van der Waals surface area contributed by atoms with E-state index in [1.165, 1.54) is 0 Å². The second-order valence-corrected chi connectivity index (χ2v) is 5.80. The van der Waals surface area contributed by atoms with Gasteiger partial charge in [0.2, 0.25) is 0 Å². The minimum absolute atomic E-state index is 0.479. The van der Waals surface area contributed by atoms with Gasteiger partial charge in [-0.05, 0) is 24.8 Å². The molecule has 1 saturated heterocycles. The van der Waals surface area contributed by atoms with Crippen LogP contribution in [0.25, 0.3) is 0 Å². The molecule has 18 heavy (non-hydrogen) atoms. The fraction of sp³-hybridized carbons (Fsp3) is 0.500. The van der Waals surface area contributed by atoms with Crippen molar-refractivity contribution in [2.75, 3.05) is 30.3 Å². The highest BCUT2D eigenvalue weighted by Gasteiger charge is 2.19. The Bertz CT molecular complexity index is 453. The highest BCUT2D eigenvalue weighted by molar-refractivity contribution is 7.99. The van der Waals surface area contributed by atoms with Crippen LogP contribution in [0.3, 0.4) is 0 Å². The van der Waals surface area contributed by atoms with Crippen LogP contribution in [0.15, 0.2) is 23.1 Å². The van der Waals surface area contributed by atoms with E-state index in [1.807, 2.05) is 6.07 Å². The number of nitrogens with one attached hydrogen (secondary N) is 1. The molecule has 2 rings (SSSR count). The first-order valence-electron chi connectivity index (χ1n) is 6.40. The largest absolute Gasteiger partial charge is 0.368 e. The summed E-state index contributed by atoms with van der Waals surface area (Å²) in [5.41, 5.74) is 1.92. The number of nitriles is 1. The summed E-state index contributed by atoms with van der Waals surface area (Å²) in [7, 11) is 0. The van der Waals surface area contributed by atoms with E-state index in [2.05, 4.69) is 42.3 Å². The summed E-state index contributed by atoms with van der Waals surface area (Å²) in [6.07, 6.45) is 0. The predicted molar refractivity (Wildman–Crippen MR) is 77.2 cm³/mol. The average molecular weight is 261 g/mol. The van der Waals surface area contributed by atoms with E-state index in [9.17, 15) is 5.26 Å². The molecule has 3 nitrogen and oxygen atoms in total. The first kappa shape index (κ1) is 13.3. The second-order valence-electron chi connectivity index (χ2n) is 4.50. The number of rotatable bonds is 3. The van der Waals surface area contributed by atoms with Crippen LogP contribution in [-0.2, 0) is 0 Å². The summed E-state index contributed by atoms with van der Waals surface area (Å²) in [6.45, 7) is 7.22. The summed E-state index contributed by atoms with van der Waals surface area (Å²) in [4.78, 5) is 3.42. The quantitative estimate of drug-likeness (QED) is 0.848. The molecule has 1 aromatic carbocycles. The van der Waals surface area contributed by atoms with Crippen LogP contribution in [0.1, 0.15) is 19.4 Å². The predicted octanol–water partition coefficient (Wildman–Crippen LogP) is 2.47. The summed E-state index contributed by atoms with van der Waals surface area (Å²) >= 11 is 1.74. The topological polar surface area (TPSA) is 39.1 Å². The molecule has 4 heteroatoms. The molecular formula is C14H19N3S. The third-order valence-corrected chi connectivity index (χ3v) is 4.07. The van der Waals surface area contributed by atoms with E-state index in [1.54, 1.807) is 11.8 Å². The number of piperazine rings is 1. The van der Waals surface area contributed by atoms with E-state index in [0.29, 0.717) is 6.04 Å². The molecule has 0 amide bonds. The number of benzene rings is 1. The first-order valence-corrected chi connectivity index (χ1v) is 7.39. The summed E-state index contributed by atoms with van der Waals surface area (Å²) in [6, 6.07) is 9.02. The van der Waals surface area contributed by atoms with Gasteiger partial charge in [-0.3, -0.25) is 0 Å². The van der Waals surface area contributed by atoms with Crippen LogP contribution in [0.4, 0.5) is 5.69 Å². The van der Waals surface area contributed by atoms with Gasteiger partial charge in [-0.25, -0.2) is 0 Å². The van der Waals surface area contributed by atoms with Crippen molar-refractivity contribution >= 4 is 17.4 Å². The lowest BCUT2D eigenvalue weighted by Crippen LogP contribution is -2.49. The Morgan fingerprint density at radius 2 is 2.39 bits per heavy atom. The first-order chi connectivity index (χ1) is 8.76. The van der Waals surface area contributed by atoms with Gasteiger partial charge in [-0.15, -0.1) is 11.8 Å². The Kier molecular flexibility index (Phi) is 4.51. The molecule has 1 N–H and O–H groups in total. The van der Waals surface area contributed by atoms with Crippen molar-refractivity contribution in [3.63, 3.8) is 0 Å². The van der Waals surface area contributed by atoms with Gasteiger partial charge < -0.3 is 10.2 Å². The smallest absolute Gasteiger partial charge is 0.103 e. The van der Waals surface area contributed by atoms with Crippen molar-refractivity contribution in [1.82, 2.24) is 5.32 Å². The van der Waals surface area contributed by atoms with Gasteiger partial charge in [-0.2, -0.15) is 5.26 Å². The van der Waals surface area contributed by atoms with Gasteiger partial charge in [0.15, 0.2) is 0 Å². The summed E-state index contributed by atoms with van der Waals surface area (Å²) < 4.78 is 0. The van der Waals surface area contributed by atoms with Crippen LogP contribution in [0, 0.1) is 11.3 Å². The molecule has 96 valence electrons. The minimum Gasteiger partial charge on any atom is -0.368 e. The molecule has 0 bridgehead atoms. The van der Waals surface area contributed by atoms with E-state index in [4.69, 9.17) is 0 Å². The molecular weight excluding hydrogens is 242 g/mol. The van der Waals surface area contributed by atoms with Gasteiger partial charge in [0, 0.05) is 30.6 Å². The Morgan fingerprint density at radius 3 is 3.06 bits per heavy atom. The minimum atomic E-state index is 0.479. The molecule has 0 radical (unpaired) electrons. The van der Waals surface area contributed by atoms with E-state index >= 15 is 0 Å². The van der Waals surface area contributed by atoms with Crippen molar-refractivity contribution in [2.45, 2.75) is 24.8 Å². The van der Waals surface area contributed by atoms with Crippen LogP contribution in [-0.4, -0.2) is 31.4 Å². The van der Waals surface area contributed by atoms with Gasteiger partial charge in [0.1, 0.15) is 6.07 Å². The zero-order valence-corrected chi connectivity index (χ0v) is 11.8. The van der Waals surface area contributed by atoms with Crippen molar-refractivity contribution < 1.29 is 0 Å². The van der Waals surface area contributed by atoms with Crippen LogP contribution in [0.5, 0.6) is 0 Å². The zero-order valence-electron chi connectivity index (χ0n) is 10.9. The second kappa shape index (κ2) is 6.12. The molecule has 1 fully saturated rings. The lowest BCUT2D eigenvalue weighted by Gasteiger charge is -2.34. The highest BCUT2D eigenvalue weighted by Crippen LogP contribution is 2.30. The monoisotopic (exact) mass is 261 g/mol. The van der Waals surface area contributed by atoms with E-state index < -0.39 is 0 Å². The van der Waals surface area contributed by atoms with Crippen molar-refractivity contribution in [3.8, 4) is 6.07 Å². The number of hydrogen-bond donors (Lipinski definition) is 1. The van der Waals surface area contributed by atoms with Gasteiger partial charge >= 0.3 is 0 Å². The van der Waals surface area contributed by atoms with Crippen molar-refractivity contribution in [3.05, 3.63) is 23.8 Å². The molecule has 1 atom stereocenters. The molecule has 0 aliphatic carbocycles. The number of nitrogens with zero attached hydrogens (tertiary/aromatic N) is 2.